The van der Waals surface area contributed by atoms with E-state index in [4.69, 9.17) is 0 Å². The van der Waals surface area contributed by atoms with Gasteiger partial charge in [0.25, 0.3) is 5.91 Å². The fourth-order valence-corrected chi connectivity index (χ4v) is 9.70. The Kier molecular flexibility index (Phi) is 6.91. The topological polar surface area (TPSA) is 55.3 Å². The van der Waals surface area contributed by atoms with Gasteiger partial charge in [0.05, 0.1) is 55.7 Å². The Morgan fingerprint density at radius 2 is 0.719 bits per heavy atom. The van der Waals surface area contributed by atoms with Gasteiger partial charge in [-0.05, 0) is 120 Å². The molecule has 57 heavy (non-hydrogen) atoms. The van der Waals surface area contributed by atoms with Gasteiger partial charge in [-0.1, -0.05) is 69.8 Å². The van der Waals surface area contributed by atoms with Crippen LogP contribution >= 0.6 is 0 Å². The summed E-state index contributed by atoms with van der Waals surface area (Å²) in [4.78, 5) is 16.0. The molecule has 7 aromatic carbocycles. The lowest BCUT2D eigenvalue weighted by molar-refractivity contribution is 0.0302. The molecule has 1 atom stereocenters. The first-order valence-electron chi connectivity index (χ1n) is 19.7. The minimum atomic E-state index is -1.17. The molecule has 6 heteroatoms. The summed E-state index contributed by atoms with van der Waals surface area (Å²) in [5.41, 5.74) is 16.9. The van der Waals surface area contributed by atoms with Crippen molar-refractivity contribution in [3.8, 4) is 17.1 Å². The zero-order chi connectivity index (χ0) is 39.2. The van der Waals surface area contributed by atoms with Crippen LogP contribution in [0.2, 0.25) is 0 Å². The van der Waals surface area contributed by atoms with Crippen LogP contribution in [0.5, 0.6) is 0 Å². The summed E-state index contributed by atoms with van der Waals surface area (Å²) in [6, 6.07) is 42.0. The van der Waals surface area contributed by atoms with Gasteiger partial charge in [0.2, 0.25) is 0 Å². The third-order valence-corrected chi connectivity index (χ3v) is 12.4. The first-order chi connectivity index (χ1) is 27.5. The highest BCUT2D eigenvalue weighted by atomic mass is 16.3. The van der Waals surface area contributed by atoms with E-state index in [9.17, 15) is 9.90 Å². The van der Waals surface area contributed by atoms with E-state index >= 15 is 0 Å². The highest BCUT2D eigenvalue weighted by Crippen LogP contribution is 2.49. The molecule has 1 aliphatic heterocycles. The number of nitrogens with zero attached hydrogens (tertiary/aromatic N) is 4. The molecular formula is C51H42N4O2. The molecule has 0 radical (unpaired) electrons. The van der Waals surface area contributed by atoms with E-state index in [1.807, 2.05) is 6.07 Å². The van der Waals surface area contributed by atoms with Crippen LogP contribution in [0.25, 0.3) is 82.5 Å². The first-order valence-corrected chi connectivity index (χ1v) is 19.7. The van der Waals surface area contributed by atoms with Gasteiger partial charge in [-0.25, -0.2) is 0 Å². The Labute approximate surface area is 330 Å². The molecule has 3 aromatic heterocycles. The van der Waals surface area contributed by atoms with E-state index in [0.29, 0.717) is 11.1 Å². The number of hydrogen-bond donors (Lipinski definition) is 1. The van der Waals surface area contributed by atoms with Crippen LogP contribution in [-0.2, 0) is 0 Å². The average Bonchev–Trinajstić information content (AvgIpc) is 3.85. The normalized spacial score (nSPS) is 14.5. The van der Waals surface area contributed by atoms with Gasteiger partial charge in [-0.15, -0.1) is 0 Å². The summed E-state index contributed by atoms with van der Waals surface area (Å²) in [7, 11) is 1.70. The zero-order valence-electron chi connectivity index (χ0n) is 33.2. The Balaban J connectivity index is 1.46. The van der Waals surface area contributed by atoms with E-state index < -0.39 is 6.23 Å². The molecule has 4 heterocycles. The van der Waals surface area contributed by atoms with Crippen LogP contribution in [0.4, 0.5) is 0 Å². The van der Waals surface area contributed by atoms with Crippen LogP contribution in [0, 0.1) is 41.5 Å². The van der Waals surface area contributed by atoms with Crippen molar-refractivity contribution in [3.63, 3.8) is 0 Å². The van der Waals surface area contributed by atoms with Crippen molar-refractivity contribution in [2.24, 2.45) is 0 Å². The highest BCUT2D eigenvalue weighted by Gasteiger charge is 2.40. The lowest BCUT2D eigenvalue weighted by Crippen LogP contribution is -2.22. The summed E-state index contributed by atoms with van der Waals surface area (Å²) < 4.78 is 7.06. The number of aliphatic hydroxyl groups is 1. The molecule has 1 amide bonds. The van der Waals surface area contributed by atoms with Gasteiger partial charge >= 0.3 is 0 Å². The maximum atomic E-state index is 14.5. The Bertz CT molecular complexity index is 3250. The Morgan fingerprint density at radius 3 is 1.05 bits per heavy atom. The number of amides is 1. The second-order valence-electron chi connectivity index (χ2n) is 16.5. The van der Waals surface area contributed by atoms with Gasteiger partial charge in [-0.3, -0.25) is 4.79 Å². The second-order valence-corrected chi connectivity index (χ2v) is 16.5. The minimum absolute atomic E-state index is 0.208. The highest BCUT2D eigenvalue weighted by molar-refractivity contribution is 6.15. The number of carbonyl (C=O) groups is 1. The molecular weight excluding hydrogens is 701 g/mol. The number of benzene rings is 7. The summed E-state index contributed by atoms with van der Waals surface area (Å²) >= 11 is 0. The summed E-state index contributed by atoms with van der Waals surface area (Å²) in [6.45, 7) is 12.8. The molecule has 6 nitrogen and oxygen atoms in total. The monoisotopic (exact) mass is 742 g/mol. The largest absolute Gasteiger partial charge is 0.369 e. The van der Waals surface area contributed by atoms with Crippen molar-refractivity contribution in [2.45, 2.75) is 47.8 Å². The minimum Gasteiger partial charge on any atom is -0.369 e. The molecule has 11 rings (SSSR count). The Morgan fingerprint density at radius 1 is 0.421 bits per heavy atom. The third kappa shape index (κ3) is 4.59. The predicted molar refractivity (Wildman–Crippen MR) is 235 cm³/mol. The molecule has 1 aliphatic rings. The molecule has 1 unspecified atom stereocenters. The quantitative estimate of drug-likeness (QED) is 0.196. The van der Waals surface area contributed by atoms with Gasteiger partial charge in [0.1, 0.15) is 0 Å². The van der Waals surface area contributed by atoms with Crippen LogP contribution in [-0.4, -0.2) is 36.7 Å². The smallest absolute Gasteiger partial charge is 0.256 e. The fourth-order valence-electron chi connectivity index (χ4n) is 9.70. The Hall–Kier alpha value is -6.63. The van der Waals surface area contributed by atoms with Gasteiger partial charge in [-0.2, -0.15) is 0 Å². The van der Waals surface area contributed by atoms with E-state index in [1.54, 1.807) is 7.05 Å². The maximum Gasteiger partial charge on any atom is 0.256 e. The lowest BCUT2D eigenvalue weighted by atomic mass is 10.0. The van der Waals surface area contributed by atoms with Crippen LogP contribution < -0.4 is 0 Å². The number of hydrogen-bond acceptors (Lipinski definition) is 2. The molecule has 0 saturated heterocycles. The van der Waals surface area contributed by atoms with Crippen molar-refractivity contribution >= 4 is 71.3 Å². The SMILES string of the molecule is Cc1ccc2c(c1)c1cc(C)ccc1n2-c1cc2c(c(-n3c4ccc(C)cc4c4cc(C)ccc43)c1-n1c3ccc(C)cc3c3cc(C)ccc31)C(O)N(C)C2=O. The van der Waals surface area contributed by atoms with Crippen LogP contribution in [0.15, 0.2) is 115 Å². The van der Waals surface area contributed by atoms with Crippen molar-refractivity contribution in [3.05, 3.63) is 160 Å². The van der Waals surface area contributed by atoms with Crippen molar-refractivity contribution in [1.29, 1.82) is 0 Å². The molecule has 0 spiro atoms. The number of rotatable bonds is 3. The van der Waals surface area contributed by atoms with Crippen molar-refractivity contribution < 1.29 is 9.90 Å². The molecule has 0 bridgehead atoms. The first kappa shape index (κ1) is 33.7. The third-order valence-electron chi connectivity index (χ3n) is 12.4. The van der Waals surface area contributed by atoms with E-state index in [0.717, 1.165) is 82.5 Å². The van der Waals surface area contributed by atoms with Crippen LogP contribution in [0.3, 0.4) is 0 Å². The van der Waals surface area contributed by atoms with Gasteiger partial charge in [0.15, 0.2) is 6.23 Å². The number of fused-ring (bicyclic) bond motifs is 10. The average molecular weight is 743 g/mol. The van der Waals surface area contributed by atoms with Gasteiger partial charge in [0, 0.05) is 44.9 Å². The number of aliphatic hydroxyl groups excluding tert-OH is 1. The van der Waals surface area contributed by atoms with E-state index in [1.165, 1.54) is 38.3 Å². The second kappa shape index (κ2) is 11.7. The molecule has 1 N–H and O–H groups in total. The standard InChI is InChI=1S/C51H42N4O2/c1-27-8-14-40-33(20-27)34-21-28(2)9-15-41(34)53(40)46-26-39-47(51(57)52(7)50(39)56)49(55-44-18-12-31(5)24-37(44)38-25-32(6)13-19-45(38)55)48(46)54-42-16-10-29(3)22-35(42)36-23-30(4)11-17-43(36)54/h8-26,51,57H,1-7H3. The number of aromatic nitrogens is 3. The van der Waals surface area contributed by atoms with Crippen LogP contribution in [0.1, 0.15) is 55.5 Å². The van der Waals surface area contributed by atoms with Crippen molar-refractivity contribution in [2.75, 3.05) is 7.05 Å². The molecule has 10 aromatic rings. The van der Waals surface area contributed by atoms with Gasteiger partial charge < -0.3 is 23.7 Å². The zero-order valence-corrected chi connectivity index (χ0v) is 33.2. The molecule has 0 saturated carbocycles. The lowest BCUT2D eigenvalue weighted by Gasteiger charge is -2.25. The maximum absolute atomic E-state index is 14.5. The number of carbonyl (C=O) groups excluding carboxylic acids is 1. The summed E-state index contributed by atoms with van der Waals surface area (Å²) in [6.07, 6.45) is -1.17. The fraction of sp³-hybridized carbons (Fsp3) is 0.157. The van der Waals surface area contributed by atoms with E-state index in [-0.39, 0.29) is 5.91 Å². The summed E-state index contributed by atoms with van der Waals surface area (Å²) in [5.74, 6) is -0.208. The summed E-state index contributed by atoms with van der Waals surface area (Å²) in [5, 5.41) is 19.2. The molecule has 0 fully saturated rings. The molecule has 0 aliphatic carbocycles. The molecule has 278 valence electrons. The van der Waals surface area contributed by atoms with Crippen molar-refractivity contribution in [1.82, 2.24) is 18.6 Å². The number of aryl methyl sites for hydroxylation is 6. The predicted octanol–water partition coefficient (Wildman–Crippen LogP) is 11.9. The van der Waals surface area contributed by atoms with E-state index in [2.05, 4.69) is 164 Å².